The van der Waals surface area contributed by atoms with Crippen molar-refractivity contribution < 1.29 is 27.5 Å². The maximum atomic E-state index is 14.2. The molecular weight excluding hydrogens is 587 g/mol. The van der Waals surface area contributed by atoms with Gasteiger partial charge in [0.2, 0.25) is 11.8 Å². The van der Waals surface area contributed by atoms with E-state index in [1.807, 2.05) is 32.2 Å². The number of nitrogens with zero attached hydrogens (tertiary/aromatic N) is 2. The molecule has 0 aliphatic heterocycles. The molecule has 2 atom stereocenters. The number of para-hydroxylation sites is 2. The highest BCUT2D eigenvalue weighted by Crippen LogP contribution is 2.33. The van der Waals surface area contributed by atoms with Gasteiger partial charge in [0.1, 0.15) is 24.1 Å². The molecule has 0 spiro atoms. The van der Waals surface area contributed by atoms with Crippen molar-refractivity contribution >= 4 is 39.3 Å². The number of thioether (sulfide) groups is 1. The van der Waals surface area contributed by atoms with E-state index in [0.717, 1.165) is 21.2 Å². The fourth-order valence-electron chi connectivity index (χ4n) is 4.30. The zero-order valence-corrected chi connectivity index (χ0v) is 27.2. The normalized spacial score (nSPS) is 12.6. The van der Waals surface area contributed by atoms with Gasteiger partial charge < -0.3 is 19.7 Å². The minimum atomic E-state index is -4.22. The van der Waals surface area contributed by atoms with Crippen LogP contribution in [0.5, 0.6) is 11.5 Å². The van der Waals surface area contributed by atoms with Gasteiger partial charge in [-0.05, 0) is 87.5 Å². The van der Waals surface area contributed by atoms with Crippen LogP contribution in [0, 0.1) is 0 Å². The Morgan fingerprint density at radius 3 is 2.19 bits per heavy atom. The predicted octanol–water partition coefficient (Wildman–Crippen LogP) is 5.34. The number of carbonyl (C=O) groups is 2. The van der Waals surface area contributed by atoms with Gasteiger partial charge in [-0.2, -0.15) is 0 Å². The molecular formula is C32H41N3O6S2. The Kier molecular flexibility index (Phi) is 12.3. The van der Waals surface area contributed by atoms with Crippen LogP contribution in [0.2, 0.25) is 0 Å². The maximum absolute atomic E-state index is 14.2. The third-order valence-corrected chi connectivity index (χ3v) is 9.56. The second-order valence-corrected chi connectivity index (χ2v) is 12.7. The van der Waals surface area contributed by atoms with Gasteiger partial charge in [-0.15, -0.1) is 11.8 Å². The molecule has 1 N–H and O–H groups in total. The van der Waals surface area contributed by atoms with Gasteiger partial charge in [-0.3, -0.25) is 13.9 Å². The van der Waals surface area contributed by atoms with Crippen molar-refractivity contribution in [1.82, 2.24) is 10.2 Å². The third-order valence-electron chi connectivity index (χ3n) is 7.04. The van der Waals surface area contributed by atoms with Crippen LogP contribution in [-0.2, 0) is 26.2 Å². The first-order valence-corrected chi connectivity index (χ1v) is 16.8. The van der Waals surface area contributed by atoms with E-state index in [4.69, 9.17) is 9.47 Å². The Hall–Kier alpha value is -3.70. The zero-order valence-electron chi connectivity index (χ0n) is 25.6. The number of hydrogen-bond donors (Lipinski definition) is 1. The lowest BCUT2D eigenvalue weighted by Crippen LogP contribution is -2.52. The SMILES string of the molecule is CCOc1ccccc1N(CC(=O)N(Cc1ccc(OC)cc1)[C@@H](C)C(=O)N[C@H](C)CC)S(=O)(=O)c1ccc(SC)cc1. The molecule has 0 radical (unpaired) electrons. The number of rotatable bonds is 15. The minimum Gasteiger partial charge on any atom is -0.497 e. The largest absolute Gasteiger partial charge is 0.497 e. The highest BCUT2D eigenvalue weighted by molar-refractivity contribution is 7.98. The number of ether oxygens (including phenoxy) is 2. The molecule has 0 aromatic heterocycles. The molecule has 0 bridgehead atoms. The quantitative estimate of drug-likeness (QED) is 0.227. The van der Waals surface area contributed by atoms with Crippen molar-refractivity contribution in [3.8, 4) is 11.5 Å². The number of sulfonamides is 1. The van der Waals surface area contributed by atoms with E-state index in [0.29, 0.717) is 18.1 Å². The monoisotopic (exact) mass is 627 g/mol. The van der Waals surface area contributed by atoms with Crippen molar-refractivity contribution in [3.05, 3.63) is 78.4 Å². The number of hydrogen-bond acceptors (Lipinski definition) is 7. The molecule has 2 amide bonds. The smallest absolute Gasteiger partial charge is 0.264 e. The number of amides is 2. The second kappa shape index (κ2) is 15.7. The van der Waals surface area contributed by atoms with Crippen LogP contribution in [0.4, 0.5) is 5.69 Å². The molecule has 3 aromatic rings. The van der Waals surface area contributed by atoms with Gasteiger partial charge >= 0.3 is 0 Å². The molecule has 0 saturated carbocycles. The summed E-state index contributed by atoms with van der Waals surface area (Å²) < 4.78 is 40.4. The second-order valence-electron chi connectivity index (χ2n) is 9.95. The van der Waals surface area contributed by atoms with Gasteiger partial charge in [0.05, 0.1) is 24.3 Å². The highest BCUT2D eigenvalue weighted by atomic mass is 32.2. The van der Waals surface area contributed by atoms with Crippen LogP contribution in [0.15, 0.2) is 82.6 Å². The van der Waals surface area contributed by atoms with Crippen molar-refractivity contribution in [2.75, 3.05) is 30.8 Å². The third kappa shape index (κ3) is 8.67. The molecule has 0 heterocycles. The summed E-state index contributed by atoms with van der Waals surface area (Å²) in [5, 5.41) is 2.94. The molecule has 11 heteroatoms. The molecule has 0 unspecified atom stereocenters. The fourth-order valence-corrected chi connectivity index (χ4v) is 6.14. The number of methoxy groups -OCH3 is 1. The van der Waals surface area contributed by atoms with Crippen LogP contribution in [0.3, 0.4) is 0 Å². The van der Waals surface area contributed by atoms with E-state index in [1.54, 1.807) is 69.5 Å². The Labute approximate surface area is 259 Å². The first kappa shape index (κ1) is 33.8. The Morgan fingerprint density at radius 1 is 0.953 bits per heavy atom. The number of nitrogens with one attached hydrogen (secondary N) is 1. The Balaban J connectivity index is 2.07. The van der Waals surface area contributed by atoms with E-state index in [2.05, 4.69) is 5.32 Å². The zero-order chi connectivity index (χ0) is 31.6. The maximum Gasteiger partial charge on any atom is 0.264 e. The molecule has 0 fully saturated rings. The average Bonchev–Trinajstić information content (AvgIpc) is 3.02. The Bertz CT molecular complexity index is 1460. The first-order valence-electron chi connectivity index (χ1n) is 14.2. The van der Waals surface area contributed by atoms with Gasteiger partial charge in [0, 0.05) is 17.5 Å². The van der Waals surface area contributed by atoms with Crippen LogP contribution in [0.25, 0.3) is 0 Å². The highest BCUT2D eigenvalue weighted by Gasteiger charge is 2.34. The molecule has 9 nitrogen and oxygen atoms in total. The van der Waals surface area contributed by atoms with E-state index in [9.17, 15) is 18.0 Å². The van der Waals surface area contributed by atoms with E-state index in [-0.39, 0.29) is 29.1 Å². The minimum absolute atomic E-state index is 0.0358. The topological polar surface area (TPSA) is 105 Å². The summed E-state index contributed by atoms with van der Waals surface area (Å²) in [7, 11) is -2.65. The lowest BCUT2D eigenvalue weighted by molar-refractivity contribution is -0.139. The molecule has 43 heavy (non-hydrogen) atoms. The van der Waals surface area contributed by atoms with Crippen molar-refractivity contribution in [2.45, 2.75) is 62.5 Å². The number of anilines is 1. The van der Waals surface area contributed by atoms with Gasteiger partial charge in [0.25, 0.3) is 10.0 Å². The summed E-state index contributed by atoms with van der Waals surface area (Å²) in [6.45, 7) is 7.14. The summed E-state index contributed by atoms with van der Waals surface area (Å²) in [6.07, 6.45) is 2.63. The Morgan fingerprint density at radius 2 is 1.60 bits per heavy atom. The van der Waals surface area contributed by atoms with Crippen LogP contribution < -0.4 is 19.1 Å². The van der Waals surface area contributed by atoms with E-state index in [1.165, 1.54) is 28.8 Å². The molecule has 232 valence electrons. The first-order chi connectivity index (χ1) is 20.5. The summed E-state index contributed by atoms with van der Waals surface area (Å²) in [4.78, 5) is 29.8. The summed E-state index contributed by atoms with van der Waals surface area (Å²) >= 11 is 1.50. The van der Waals surface area contributed by atoms with Crippen LogP contribution >= 0.6 is 11.8 Å². The molecule has 0 aliphatic carbocycles. The lowest BCUT2D eigenvalue weighted by atomic mass is 10.1. The lowest BCUT2D eigenvalue weighted by Gasteiger charge is -2.33. The van der Waals surface area contributed by atoms with E-state index >= 15 is 0 Å². The fraction of sp³-hybridized carbons (Fsp3) is 0.375. The summed E-state index contributed by atoms with van der Waals surface area (Å²) in [5.41, 5.74) is 0.988. The standard InChI is InChI=1S/C32H41N3O6S2/c1-7-23(3)33-32(37)24(4)34(21-25-13-15-26(40-5)16-14-25)31(36)22-35(29-11-9-10-12-30(29)41-8-2)43(38,39)28-19-17-27(42-6)18-20-28/h9-20,23-24H,7-8,21-22H2,1-6H3,(H,33,37)/t23-,24+/m1/s1. The summed E-state index contributed by atoms with van der Waals surface area (Å²) in [5.74, 6) is 0.110. The molecule has 3 rings (SSSR count). The number of carbonyl (C=O) groups excluding carboxylic acids is 2. The predicted molar refractivity (Wildman–Crippen MR) is 171 cm³/mol. The molecule has 0 aliphatic rings. The van der Waals surface area contributed by atoms with Crippen molar-refractivity contribution in [1.29, 1.82) is 0 Å². The van der Waals surface area contributed by atoms with Gasteiger partial charge in [0.15, 0.2) is 0 Å². The molecule has 0 saturated heterocycles. The van der Waals surface area contributed by atoms with Gasteiger partial charge in [-0.25, -0.2) is 8.42 Å². The molecule has 3 aromatic carbocycles. The van der Waals surface area contributed by atoms with Crippen molar-refractivity contribution in [2.24, 2.45) is 0 Å². The van der Waals surface area contributed by atoms with Gasteiger partial charge in [-0.1, -0.05) is 31.2 Å². The number of benzene rings is 3. The van der Waals surface area contributed by atoms with Crippen molar-refractivity contribution in [3.63, 3.8) is 0 Å². The summed E-state index contributed by atoms with van der Waals surface area (Å²) in [6, 6.07) is 19.4. The van der Waals surface area contributed by atoms with E-state index < -0.39 is 28.5 Å². The average molecular weight is 628 g/mol. The van der Waals surface area contributed by atoms with Crippen LogP contribution in [0.1, 0.15) is 39.7 Å². The van der Waals surface area contributed by atoms with Crippen LogP contribution in [-0.4, -0.2) is 63.7 Å².